The van der Waals surface area contributed by atoms with Crippen molar-refractivity contribution in [2.75, 3.05) is 5.73 Å². The van der Waals surface area contributed by atoms with Gasteiger partial charge in [0, 0.05) is 10.2 Å². The van der Waals surface area contributed by atoms with E-state index in [1.165, 1.54) is 0 Å². The van der Waals surface area contributed by atoms with Crippen molar-refractivity contribution in [1.29, 1.82) is 0 Å². The van der Waals surface area contributed by atoms with E-state index in [2.05, 4.69) is 20.9 Å². The van der Waals surface area contributed by atoms with Crippen LogP contribution in [0.4, 0.5) is 5.69 Å². The van der Waals surface area contributed by atoms with Gasteiger partial charge in [-0.25, -0.2) is 8.42 Å². The summed E-state index contributed by atoms with van der Waals surface area (Å²) in [5.74, 6) is -0.164. The third kappa shape index (κ3) is 2.93. The van der Waals surface area contributed by atoms with Crippen LogP contribution in [0.15, 0.2) is 56.6 Å². The summed E-state index contributed by atoms with van der Waals surface area (Å²) in [6, 6.07) is 11.9. The van der Waals surface area contributed by atoms with Crippen molar-refractivity contribution in [3.05, 3.63) is 52.5 Å². The highest BCUT2D eigenvalue weighted by Gasteiger charge is 2.22. The average molecular weight is 367 g/mol. The number of fused-ring (bicyclic) bond motifs is 1. The number of aromatic nitrogens is 1. The molecule has 0 aliphatic heterocycles. The Hall–Kier alpha value is -1.86. The second kappa shape index (κ2) is 5.16. The van der Waals surface area contributed by atoms with Crippen LogP contribution in [0.5, 0.6) is 0 Å². The minimum Gasteiger partial charge on any atom is -0.428 e. The van der Waals surface area contributed by atoms with E-state index in [-0.39, 0.29) is 11.0 Å². The Morgan fingerprint density at radius 1 is 1.14 bits per heavy atom. The first-order chi connectivity index (χ1) is 9.94. The summed E-state index contributed by atoms with van der Waals surface area (Å²) in [6.45, 7) is 0. The molecule has 5 nitrogen and oxygen atoms in total. The number of sulfone groups is 1. The number of nitrogens with two attached hydrogens (primary N) is 1. The lowest BCUT2D eigenvalue weighted by Crippen LogP contribution is -2.05. The number of hydrogen-bond acceptors (Lipinski definition) is 5. The molecule has 3 aromatic rings. The lowest BCUT2D eigenvalue weighted by atomic mass is 10.2. The van der Waals surface area contributed by atoms with E-state index in [1.54, 1.807) is 42.5 Å². The van der Waals surface area contributed by atoms with Crippen molar-refractivity contribution in [3.63, 3.8) is 0 Å². The fraction of sp³-hybridized carbons (Fsp3) is 0.0714. The van der Waals surface area contributed by atoms with Crippen molar-refractivity contribution in [2.45, 2.75) is 11.0 Å². The summed E-state index contributed by atoms with van der Waals surface area (Å²) < 4.78 is 30.9. The van der Waals surface area contributed by atoms with E-state index in [9.17, 15) is 8.42 Å². The summed E-state index contributed by atoms with van der Waals surface area (Å²) in [4.78, 5) is 4.02. The molecule has 0 fully saturated rings. The van der Waals surface area contributed by atoms with Crippen molar-refractivity contribution in [3.8, 4) is 0 Å². The maximum atomic E-state index is 12.3. The van der Waals surface area contributed by atoms with Crippen LogP contribution in [0.1, 0.15) is 5.56 Å². The predicted octanol–water partition coefficient (Wildman–Crippen LogP) is 3.15. The van der Waals surface area contributed by atoms with Gasteiger partial charge in [0.05, 0.1) is 5.75 Å². The Labute approximate surface area is 129 Å². The molecule has 0 atom stereocenters. The number of halogens is 1. The fourth-order valence-electron chi connectivity index (χ4n) is 1.92. The molecule has 21 heavy (non-hydrogen) atoms. The van der Waals surface area contributed by atoms with Gasteiger partial charge in [0.2, 0.25) is 9.84 Å². The molecule has 0 radical (unpaired) electrons. The molecule has 2 aromatic carbocycles. The number of benzene rings is 2. The Bertz CT molecular complexity index is 902. The van der Waals surface area contributed by atoms with Gasteiger partial charge in [-0.05, 0) is 35.9 Å². The molecule has 0 saturated heterocycles. The highest BCUT2D eigenvalue weighted by Crippen LogP contribution is 2.23. The zero-order valence-electron chi connectivity index (χ0n) is 10.8. The van der Waals surface area contributed by atoms with Gasteiger partial charge in [-0.15, -0.1) is 0 Å². The molecule has 1 heterocycles. The summed E-state index contributed by atoms with van der Waals surface area (Å²) in [7, 11) is -3.63. The predicted molar refractivity (Wildman–Crippen MR) is 83.5 cm³/mol. The van der Waals surface area contributed by atoms with Gasteiger partial charge in [0.25, 0.3) is 0 Å². The topological polar surface area (TPSA) is 86.2 Å². The Morgan fingerprint density at radius 2 is 1.86 bits per heavy atom. The van der Waals surface area contributed by atoms with Crippen LogP contribution in [0.2, 0.25) is 0 Å². The van der Waals surface area contributed by atoms with Gasteiger partial charge in [-0.2, -0.15) is 4.98 Å². The standard InChI is InChI=1S/C14H11BrN2O3S/c15-10-3-1-9(2-4-10)8-21(18,19)14-17-12-7-11(16)5-6-13(12)20-14/h1-7H,8,16H2. The second-order valence-electron chi connectivity index (χ2n) is 4.59. The van der Waals surface area contributed by atoms with Crippen molar-refractivity contribution in [2.24, 2.45) is 0 Å². The molecule has 0 spiro atoms. The maximum absolute atomic E-state index is 12.3. The lowest BCUT2D eigenvalue weighted by Gasteiger charge is -2.00. The van der Waals surface area contributed by atoms with Crippen LogP contribution >= 0.6 is 15.9 Å². The van der Waals surface area contributed by atoms with E-state index < -0.39 is 9.84 Å². The third-order valence-corrected chi connectivity index (χ3v) is 4.88. The zero-order valence-corrected chi connectivity index (χ0v) is 13.2. The van der Waals surface area contributed by atoms with E-state index in [0.29, 0.717) is 22.4 Å². The van der Waals surface area contributed by atoms with Crippen LogP contribution in [-0.2, 0) is 15.6 Å². The number of nitrogens with zero attached hydrogens (tertiary/aromatic N) is 1. The molecule has 7 heteroatoms. The minimum atomic E-state index is -3.63. The molecular weight excluding hydrogens is 356 g/mol. The molecule has 108 valence electrons. The number of oxazole rings is 1. The average Bonchev–Trinajstić information content (AvgIpc) is 2.85. The first-order valence-corrected chi connectivity index (χ1v) is 8.52. The first-order valence-electron chi connectivity index (χ1n) is 6.07. The number of hydrogen-bond donors (Lipinski definition) is 1. The highest BCUT2D eigenvalue weighted by molar-refractivity contribution is 9.10. The fourth-order valence-corrected chi connectivity index (χ4v) is 3.39. The monoisotopic (exact) mass is 366 g/mol. The van der Waals surface area contributed by atoms with Gasteiger partial charge in [-0.3, -0.25) is 0 Å². The molecule has 2 N–H and O–H groups in total. The molecule has 0 saturated carbocycles. The van der Waals surface area contributed by atoms with Gasteiger partial charge in [0.15, 0.2) is 5.58 Å². The quantitative estimate of drug-likeness (QED) is 0.719. The molecule has 0 amide bonds. The van der Waals surface area contributed by atoms with Crippen molar-refractivity contribution < 1.29 is 12.8 Å². The normalized spacial score (nSPS) is 11.9. The Kier molecular flexibility index (Phi) is 3.46. The molecule has 0 aliphatic carbocycles. The van der Waals surface area contributed by atoms with E-state index in [1.807, 2.05) is 0 Å². The molecule has 1 aromatic heterocycles. The van der Waals surface area contributed by atoms with Crippen LogP contribution < -0.4 is 5.73 Å². The maximum Gasteiger partial charge on any atom is 0.316 e. The summed E-state index contributed by atoms with van der Waals surface area (Å²) >= 11 is 3.31. The van der Waals surface area contributed by atoms with Crippen molar-refractivity contribution >= 4 is 42.6 Å². The Balaban J connectivity index is 1.97. The van der Waals surface area contributed by atoms with Crippen LogP contribution in [-0.4, -0.2) is 13.4 Å². The summed E-state index contributed by atoms with van der Waals surface area (Å²) in [5.41, 5.74) is 7.65. The highest BCUT2D eigenvalue weighted by atomic mass is 79.9. The summed E-state index contributed by atoms with van der Waals surface area (Å²) in [6.07, 6.45) is 0. The molecule has 0 bridgehead atoms. The van der Waals surface area contributed by atoms with Gasteiger partial charge >= 0.3 is 5.22 Å². The van der Waals surface area contributed by atoms with Crippen LogP contribution in [0.25, 0.3) is 11.1 Å². The third-order valence-electron chi connectivity index (χ3n) is 2.93. The van der Waals surface area contributed by atoms with Gasteiger partial charge in [0.1, 0.15) is 5.52 Å². The largest absolute Gasteiger partial charge is 0.428 e. The zero-order chi connectivity index (χ0) is 15.0. The van der Waals surface area contributed by atoms with Crippen LogP contribution in [0, 0.1) is 0 Å². The molecule has 3 rings (SSSR count). The lowest BCUT2D eigenvalue weighted by molar-refractivity contribution is 0.458. The molecule has 0 unspecified atom stereocenters. The van der Waals surface area contributed by atoms with Gasteiger partial charge < -0.3 is 10.2 Å². The van der Waals surface area contributed by atoms with E-state index in [0.717, 1.165) is 4.47 Å². The van der Waals surface area contributed by atoms with Gasteiger partial charge in [-0.1, -0.05) is 28.1 Å². The minimum absolute atomic E-state index is 0.164. The number of anilines is 1. The van der Waals surface area contributed by atoms with E-state index >= 15 is 0 Å². The smallest absolute Gasteiger partial charge is 0.316 e. The number of rotatable bonds is 3. The molecular formula is C14H11BrN2O3S. The van der Waals surface area contributed by atoms with E-state index in [4.69, 9.17) is 10.2 Å². The number of nitrogen functional groups attached to an aromatic ring is 1. The Morgan fingerprint density at radius 3 is 2.57 bits per heavy atom. The van der Waals surface area contributed by atoms with Crippen molar-refractivity contribution in [1.82, 2.24) is 4.98 Å². The SMILES string of the molecule is Nc1ccc2oc(S(=O)(=O)Cc3ccc(Br)cc3)nc2c1. The summed E-state index contributed by atoms with van der Waals surface area (Å²) in [5, 5.41) is -0.286. The van der Waals surface area contributed by atoms with Crippen LogP contribution in [0.3, 0.4) is 0 Å². The molecule has 0 aliphatic rings. The second-order valence-corrected chi connectivity index (χ2v) is 7.38. The first kappa shape index (κ1) is 14.1.